The molecule has 2 rings (SSSR count). The van der Waals surface area contributed by atoms with Gasteiger partial charge in [0.1, 0.15) is 5.69 Å². The molecule has 2 aromatic rings. The Bertz CT molecular complexity index is 607. The van der Waals surface area contributed by atoms with Crippen molar-refractivity contribution >= 4 is 23.4 Å². The highest BCUT2D eigenvalue weighted by Gasteiger charge is 1.98. The number of carbonyl (C=O) groups is 1. The predicted molar refractivity (Wildman–Crippen MR) is 77.1 cm³/mol. The van der Waals surface area contributed by atoms with Gasteiger partial charge in [0.25, 0.3) is 0 Å². The molecule has 1 N–H and O–H groups in total. The third kappa shape index (κ3) is 4.06. The van der Waals surface area contributed by atoms with Gasteiger partial charge in [-0.3, -0.25) is 0 Å². The van der Waals surface area contributed by atoms with Crippen molar-refractivity contribution in [3.63, 3.8) is 0 Å². The molecule has 0 aliphatic heterocycles. The number of nitroso groups, excluding NO2 is 1. The van der Waals surface area contributed by atoms with Crippen LogP contribution < -0.4 is 5.48 Å². The molecule has 0 aliphatic carbocycles. The molecule has 0 bridgehead atoms. The molecule has 5 nitrogen and oxygen atoms in total. The Kier molecular flexibility index (Phi) is 4.61. The number of rotatable bonds is 5. The van der Waals surface area contributed by atoms with Gasteiger partial charge in [-0.1, -0.05) is 30.3 Å². The molecular formula is C15H12N2O3. The molecule has 0 radical (unpaired) electrons. The lowest BCUT2D eigenvalue weighted by molar-refractivity contribution is -0.134. The summed E-state index contributed by atoms with van der Waals surface area (Å²) in [6.07, 6.45) is 2.98. The van der Waals surface area contributed by atoms with E-state index in [1.807, 2.05) is 30.3 Å². The van der Waals surface area contributed by atoms with Crippen LogP contribution in [0.4, 0.5) is 11.4 Å². The molecule has 0 spiro atoms. The Hall–Kier alpha value is -2.95. The molecule has 2 aromatic carbocycles. The smallest absolute Gasteiger partial charge is 0.339 e. The van der Waals surface area contributed by atoms with Gasteiger partial charge >= 0.3 is 5.97 Å². The first kappa shape index (κ1) is 13.5. The molecule has 0 aromatic heterocycles. The molecule has 0 unspecified atom stereocenters. The van der Waals surface area contributed by atoms with Gasteiger partial charge in [0.2, 0.25) is 0 Å². The second-order valence-electron chi connectivity index (χ2n) is 3.91. The second kappa shape index (κ2) is 6.84. The maximum Gasteiger partial charge on any atom is 0.355 e. The van der Waals surface area contributed by atoms with Gasteiger partial charge in [-0.15, -0.1) is 4.91 Å². The zero-order valence-electron chi connectivity index (χ0n) is 10.5. The highest BCUT2D eigenvalue weighted by molar-refractivity contribution is 5.87. The summed E-state index contributed by atoms with van der Waals surface area (Å²) in [6, 6.07) is 15.6. The van der Waals surface area contributed by atoms with Crippen molar-refractivity contribution in [2.45, 2.75) is 0 Å². The molecule has 5 heteroatoms. The minimum Gasteiger partial charge on any atom is -0.339 e. The summed E-state index contributed by atoms with van der Waals surface area (Å²) < 4.78 is 0. The average molecular weight is 268 g/mol. The molecule has 0 saturated carbocycles. The fourth-order valence-electron chi connectivity index (χ4n) is 1.46. The van der Waals surface area contributed by atoms with Crippen LogP contribution in [0, 0.1) is 4.91 Å². The number of nitrogens with one attached hydrogen (secondary N) is 1. The number of carbonyl (C=O) groups excluding carboxylic acids is 1. The first-order valence-electron chi connectivity index (χ1n) is 5.91. The molecular weight excluding hydrogens is 256 g/mol. The molecule has 0 fully saturated rings. The summed E-state index contributed by atoms with van der Waals surface area (Å²) in [5.41, 5.74) is 4.26. The Balaban J connectivity index is 1.85. The van der Waals surface area contributed by atoms with E-state index in [1.165, 1.54) is 18.2 Å². The van der Waals surface area contributed by atoms with Crippen LogP contribution in [0.25, 0.3) is 6.08 Å². The third-order valence-electron chi connectivity index (χ3n) is 2.45. The van der Waals surface area contributed by atoms with E-state index in [1.54, 1.807) is 18.2 Å². The van der Waals surface area contributed by atoms with Crippen molar-refractivity contribution in [1.29, 1.82) is 0 Å². The van der Waals surface area contributed by atoms with Crippen LogP contribution in [-0.2, 0) is 9.63 Å². The normalized spacial score (nSPS) is 10.2. The van der Waals surface area contributed by atoms with E-state index in [0.29, 0.717) is 11.4 Å². The van der Waals surface area contributed by atoms with Crippen molar-refractivity contribution < 1.29 is 9.63 Å². The molecule has 0 atom stereocenters. The second-order valence-corrected chi connectivity index (χ2v) is 3.91. The quantitative estimate of drug-likeness (QED) is 0.510. The van der Waals surface area contributed by atoms with Crippen molar-refractivity contribution in [2.75, 3.05) is 5.48 Å². The fourth-order valence-corrected chi connectivity index (χ4v) is 1.46. The standard InChI is InChI=1S/C15H12N2O3/c18-15(11-6-12-4-2-1-3-5-12)20-17-14-9-7-13(16-19)8-10-14/h1-11,17H/b11-6+. The van der Waals surface area contributed by atoms with E-state index in [0.717, 1.165) is 5.56 Å². The molecule has 100 valence electrons. The topological polar surface area (TPSA) is 67.8 Å². The van der Waals surface area contributed by atoms with Gasteiger partial charge in [0, 0.05) is 6.08 Å². The molecule has 20 heavy (non-hydrogen) atoms. The van der Waals surface area contributed by atoms with E-state index in [-0.39, 0.29) is 0 Å². The lowest BCUT2D eigenvalue weighted by atomic mass is 10.2. The monoisotopic (exact) mass is 268 g/mol. The van der Waals surface area contributed by atoms with Gasteiger partial charge in [0.05, 0.1) is 5.69 Å². The Labute approximate surface area is 115 Å². The van der Waals surface area contributed by atoms with Crippen molar-refractivity contribution in [2.24, 2.45) is 5.18 Å². The molecule has 0 amide bonds. The number of nitrogens with zero attached hydrogens (tertiary/aromatic N) is 1. The first-order chi connectivity index (χ1) is 9.78. The lowest BCUT2D eigenvalue weighted by Crippen LogP contribution is -2.07. The summed E-state index contributed by atoms with van der Waals surface area (Å²) in [6.45, 7) is 0. The maximum atomic E-state index is 11.5. The SMILES string of the molecule is O=Nc1ccc(NOC(=O)/C=C/c2ccccc2)cc1. The number of hydrogen-bond donors (Lipinski definition) is 1. The zero-order valence-corrected chi connectivity index (χ0v) is 10.5. The van der Waals surface area contributed by atoms with Crippen LogP contribution >= 0.6 is 0 Å². The third-order valence-corrected chi connectivity index (χ3v) is 2.45. The van der Waals surface area contributed by atoms with E-state index < -0.39 is 5.97 Å². The van der Waals surface area contributed by atoms with E-state index in [2.05, 4.69) is 10.7 Å². The summed E-state index contributed by atoms with van der Waals surface area (Å²) in [5, 5.41) is 2.77. The van der Waals surface area contributed by atoms with Crippen LogP contribution in [0.15, 0.2) is 65.9 Å². The van der Waals surface area contributed by atoms with Gasteiger partial charge in [-0.05, 0) is 41.1 Å². The van der Waals surface area contributed by atoms with Crippen LogP contribution in [0.3, 0.4) is 0 Å². The minimum atomic E-state index is -0.522. The lowest BCUT2D eigenvalue weighted by Gasteiger charge is -2.04. The van der Waals surface area contributed by atoms with Gasteiger partial charge in [0.15, 0.2) is 0 Å². The van der Waals surface area contributed by atoms with Gasteiger partial charge < -0.3 is 4.84 Å². The van der Waals surface area contributed by atoms with Crippen LogP contribution in [-0.4, -0.2) is 5.97 Å². The highest BCUT2D eigenvalue weighted by atomic mass is 16.7. The molecule has 0 aliphatic rings. The van der Waals surface area contributed by atoms with E-state index in [9.17, 15) is 9.70 Å². The highest BCUT2D eigenvalue weighted by Crippen LogP contribution is 2.15. The van der Waals surface area contributed by atoms with E-state index in [4.69, 9.17) is 4.84 Å². The first-order valence-corrected chi connectivity index (χ1v) is 5.91. The van der Waals surface area contributed by atoms with Crippen molar-refractivity contribution in [1.82, 2.24) is 0 Å². The van der Waals surface area contributed by atoms with Crippen molar-refractivity contribution in [3.05, 3.63) is 71.1 Å². The zero-order chi connectivity index (χ0) is 14.2. The van der Waals surface area contributed by atoms with Crippen LogP contribution in [0.2, 0.25) is 0 Å². The Morgan fingerprint density at radius 2 is 1.75 bits per heavy atom. The van der Waals surface area contributed by atoms with Crippen LogP contribution in [0.5, 0.6) is 0 Å². The summed E-state index contributed by atoms with van der Waals surface area (Å²) in [7, 11) is 0. The number of benzene rings is 2. The Morgan fingerprint density at radius 1 is 1.05 bits per heavy atom. The molecule has 0 heterocycles. The maximum absolute atomic E-state index is 11.5. The van der Waals surface area contributed by atoms with Gasteiger partial charge in [-0.25, -0.2) is 10.3 Å². The van der Waals surface area contributed by atoms with Gasteiger partial charge in [-0.2, -0.15) is 0 Å². The largest absolute Gasteiger partial charge is 0.355 e. The Morgan fingerprint density at radius 3 is 2.40 bits per heavy atom. The minimum absolute atomic E-state index is 0.311. The summed E-state index contributed by atoms with van der Waals surface area (Å²) in [4.78, 5) is 26.6. The predicted octanol–water partition coefficient (Wildman–Crippen LogP) is 3.67. The summed E-state index contributed by atoms with van der Waals surface area (Å²) >= 11 is 0. The summed E-state index contributed by atoms with van der Waals surface area (Å²) in [5.74, 6) is -0.522. The molecule has 0 saturated heterocycles. The van der Waals surface area contributed by atoms with Crippen molar-refractivity contribution in [3.8, 4) is 0 Å². The van der Waals surface area contributed by atoms with E-state index >= 15 is 0 Å². The average Bonchev–Trinajstić information content (AvgIpc) is 2.52. The number of anilines is 1. The number of hydrogen-bond acceptors (Lipinski definition) is 5. The fraction of sp³-hybridized carbons (Fsp3) is 0. The van der Waals surface area contributed by atoms with Crippen LogP contribution in [0.1, 0.15) is 5.56 Å².